The zero-order valence-electron chi connectivity index (χ0n) is 14.3. The zero-order chi connectivity index (χ0) is 16.6. The van der Waals surface area contributed by atoms with Gasteiger partial charge in [0.1, 0.15) is 0 Å². The van der Waals surface area contributed by atoms with Gasteiger partial charge in [0.15, 0.2) is 5.43 Å². The lowest BCUT2D eigenvalue weighted by atomic mass is 9.98. The minimum atomic E-state index is 0.138. The molecule has 0 saturated carbocycles. The maximum Gasteiger partial charge on any atom is 0.192 e. The molecule has 0 spiro atoms. The van der Waals surface area contributed by atoms with Gasteiger partial charge in [0, 0.05) is 17.5 Å². The molecule has 2 heteroatoms. The van der Waals surface area contributed by atoms with Gasteiger partial charge in [-0.1, -0.05) is 50.2 Å². The Balaban J connectivity index is 2.45. The third kappa shape index (κ3) is 2.59. The average molecular weight is 305 g/mol. The largest absolute Gasteiger partial charge is 0.340 e. The normalized spacial score (nSPS) is 11.3. The molecule has 3 rings (SSSR count). The molecule has 118 valence electrons. The van der Waals surface area contributed by atoms with E-state index in [1.165, 1.54) is 5.56 Å². The molecule has 0 aliphatic carbocycles. The van der Waals surface area contributed by atoms with Gasteiger partial charge < -0.3 is 4.57 Å². The molecule has 1 aromatic heterocycles. The molecule has 0 unspecified atom stereocenters. The number of aromatic nitrogens is 1. The van der Waals surface area contributed by atoms with Crippen molar-refractivity contribution >= 4 is 10.9 Å². The second-order valence-corrected chi connectivity index (χ2v) is 6.34. The van der Waals surface area contributed by atoms with Crippen LogP contribution in [0.5, 0.6) is 0 Å². The van der Waals surface area contributed by atoms with Crippen LogP contribution >= 0.6 is 0 Å². The molecule has 0 bridgehead atoms. The molecule has 0 fully saturated rings. The first-order valence-corrected chi connectivity index (χ1v) is 8.27. The molecule has 0 amide bonds. The summed E-state index contributed by atoms with van der Waals surface area (Å²) < 4.78 is 2.27. The van der Waals surface area contributed by atoms with E-state index in [0.29, 0.717) is 5.92 Å². The summed E-state index contributed by atoms with van der Waals surface area (Å²) in [6.45, 7) is 9.28. The van der Waals surface area contributed by atoms with Gasteiger partial charge in [-0.05, 0) is 43.0 Å². The molecule has 0 aliphatic rings. The fraction of sp³-hybridized carbons (Fsp3) is 0.286. The van der Waals surface area contributed by atoms with Gasteiger partial charge in [-0.2, -0.15) is 0 Å². The van der Waals surface area contributed by atoms with Gasteiger partial charge in [-0.3, -0.25) is 4.79 Å². The monoisotopic (exact) mass is 305 g/mol. The highest BCUT2D eigenvalue weighted by atomic mass is 16.1. The van der Waals surface area contributed by atoms with Crippen molar-refractivity contribution in [3.63, 3.8) is 0 Å². The summed E-state index contributed by atoms with van der Waals surface area (Å²) in [5.41, 5.74) is 5.39. The lowest BCUT2D eigenvalue weighted by Gasteiger charge is -2.19. The van der Waals surface area contributed by atoms with Gasteiger partial charge in [-0.15, -0.1) is 0 Å². The molecular formula is C21H23NO. The van der Waals surface area contributed by atoms with Crippen LogP contribution in [-0.2, 0) is 6.54 Å². The molecule has 0 saturated heterocycles. The predicted octanol–water partition coefficient (Wildman–Crippen LogP) is 5.12. The van der Waals surface area contributed by atoms with E-state index in [2.05, 4.69) is 49.6 Å². The highest BCUT2D eigenvalue weighted by Crippen LogP contribution is 2.27. The summed E-state index contributed by atoms with van der Waals surface area (Å²) in [6.07, 6.45) is 0. The van der Waals surface area contributed by atoms with Crippen molar-refractivity contribution in [1.29, 1.82) is 0 Å². The van der Waals surface area contributed by atoms with E-state index in [1.807, 2.05) is 31.2 Å². The number of hydrogen-bond donors (Lipinski definition) is 0. The zero-order valence-corrected chi connectivity index (χ0v) is 14.3. The molecule has 0 N–H and O–H groups in total. The standard InChI is InChI=1S/C21H23NO/c1-5-22-19-13-17(14(2)3)11-12-18(19)21(23)15(4)20(22)16-9-7-6-8-10-16/h6-14H,5H2,1-4H3. The van der Waals surface area contributed by atoms with Crippen LogP contribution < -0.4 is 5.43 Å². The fourth-order valence-electron chi connectivity index (χ4n) is 3.25. The highest BCUT2D eigenvalue weighted by Gasteiger charge is 2.15. The number of fused-ring (bicyclic) bond motifs is 1. The highest BCUT2D eigenvalue weighted by molar-refractivity contribution is 5.85. The summed E-state index contributed by atoms with van der Waals surface area (Å²) >= 11 is 0. The average Bonchev–Trinajstić information content (AvgIpc) is 2.58. The Morgan fingerprint density at radius 1 is 1.04 bits per heavy atom. The van der Waals surface area contributed by atoms with Crippen LogP contribution in [0.25, 0.3) is 22.2 Å². The first-order valence-electron chi connectivity index (χ1n) is 8.27. The van der Waals surface area contributed by atoms with Gasteiger partial charge in [-0.25, -0.2) is 0 Å². The van der Waals surface area contributed by atoms with Crippen molar-refractivity contribution < 1.29 is 0 Å². The van der Waals surface area contributed by atoms with Crippen LogP contribution in [0.4, 0.5) is 0 Å². The van der Waals surface area contributed by atoms with Gasteiger partial charge in [0.25, 0.3) is 0 Å². The SMILES string of the molecule is CCn1c(-c2ccccc2)c(C)c(=O)c2ccc(C(C)C)cc21. The molecule has 2 aromatic carbocycles. The van der Waals surface area contributed by atoms with Crippen LogP contribution in [0, 0.1) is 6.92 Å². The molecule has 2 nitrogen and oxygen atoms in total. The summed E-state index contributed by atoms with van der Waals surface area (Å²) in [7, 11) is 0. The van der Waals surface area contributed by atoms with E-state index in [-0.39, 0.29) is 5.43 Å². The van der Waals surface area contributed by atoms with Gasteiger partial charge in [0.2, 0.25) is 0 Å². The Kier molecular flexibility index (Phi) is 4.08. The van der Waals surface area contributed by atoms with Crippen molar-refractivity contribution in [2.24, 2.45) is 0 Å². The molecule has 3 aromatic rings. The summed E-state index contributed by atoms with van der Waals surface area (Å²) in [4.78, 5) is 12.9. The molecule has 0 radical (unpaired) electrons. The van der Waals surface area contributed by atoms with Crippen LogP contribution in [-0.4, -0.2) is 4.57 Å². The predicted molar refractivity (Wildman–Crippen MR) is 98.1 cm³/mol. The lowest BCUT2D eigenvalue weighted by molar-refractivity contribution is 0.788. The topological polar surface area (TPSA) is 22.0 Å². The van der Waals surface area contributed by atoms with Crippen molar-refractivity contribution in [2.45, 2.75) is 40.2 Å². The third-order valence-electron chi connectivity index (χ3n) is 4.55. The number of hydrogen-bond acceptors (Lipinski definition) is 1. The molecular weight excluding hydrogens is 282 g/mol. The van der Waals surface area contributed by atoms with Crippen molar-refractivity contribution in [1.82, 2.24) is 4.57 Å². The summed E-state index contributed by atoms with van der Waals surface area (Å²) in [5.74, 6) is 0.446. The minimum absolute atomic E-state index is 0.138. The van der Waals surface area contributed by atoms with E-state index in [1.54, 1.807) is 0 Å². The van der Waals surface area contributed by atoms with Crippen molar-refractivity contribution in [3.05, 3.63) is 69.9 Å². The quantitative estimate of drug-likeness (QED) is 0.658. The Bertz CT molecular complexity index is 905. The maximum atomic E-state index is 12.9. The Labute approximate surface area is 137 Å². The fourth-order valence-corrected chi connectivity index (χ4v) is 3.25. The number of aryl methyl sites for hydroxylation is 1. The number of nitrogens with zero attached hydrogens (tertiary/aromatic N) is 1. The molecule has 1 heterocycles. The lowest BCUT2D eigenvalue weighted by Crippen LogP contribution is -2.16. The second kappa shape index (κ2) is 6.04. The van der Waals surface area contributed by atoms with E-state index in [0.717, 1.165) is 34.3 Å². The summed E-state index contributed by atoms with van der Waals surface area (Å²) in [5, 5.41) is 0.813. The van der Waals surface area contributed by atoms with Crippen molar-refractivity contribution in [3.8, 4) is 11.3 Å². The third-order valence-corrected chi connectivity index (χ3v) is 4.55. The van der Waals surface area contributed by atoms with Crippen LogP contribution in [0.15, 0.2) is 53.3 Å². The Morgan fingerprint density at radius 3 is 2.35 bits per heavy atom. The molecule has 0 atom stereocenters. The van der Waals surface area contributed by atoms with E-state index < -0.39 is 0 Å². The van der Waals surface area contributed by atoms with Crippen LogP contribution in [0.2, 0.25) is 0 Å². The Hall–Kier alpha value is -2.35. The molecule has 0 aliphatic heterocycles. The van der Waals surface area contributed by atoms with Gasteiger partial charge in [0.05, 0.1) is 11.2 Å². The number of benzene rings is 2. The Morgan fingerprint density at radius 2 is 1.74 bits per heavy atom. The molecule has 23 heavy (non-hydrogen) atoms. The van der Waals surface area contributed by atoms with E-state index >= 15 is 0 Å². The smallest absolute Gasteiger partial charge is 0.192 e. The van der Waals surface area contributed by atoms with Crippen LogP contribution in [0.1, 0.15) is 37.8 Å². The second-order valence-electron chi connectivity index (χ2n) is 6.34. The van der Waals surface area contributed by atoms with E-state index in [9.17, 15) is 4.79 Å². The first kappa shape index (κ1) is 15.5. The first-order chi connectivity index (χ1) is 11.0. The number of rotatable bonds is 3. The summed E-state index contributed by atoms with van der Waals surface area (Å²) in [6, 6.07) is 16.4. The minimum Gasteiger partial charge on any atom is -0.340 e. The van der Waals surface area contributed by atoms with E-state index in [4.69, 9.17) is 0 Å². The van der Waals surface area contributed by atoms with Crippen molar-refractivity contribution in [2.75, 3.05) is 0 Å². The van der Waals surface area contributed by atoms with Gasteiger partial charge >= 0.3 is 0 Å². The number of pyridine rings is 1. The van der Waals surface area contributed by atoms with Crippen LogP contribution in [0.3, 0.4) is 0 Å². The maximum absolute atomic E-state index is 12.9.